The fraction of sp³-hybridized carbons (Fsp3) is 0.818. The lowest BCUT2D eigenvalue weighted by atomic mass is 10.2. The van der Waals surface area contributed by atoms with Crippen molar-refractivity contribution in [3.8, 4) is 0 Å². The van der Waals surface area contributed by atoms with Crippen molar-refractivity contribution in [2.75, 3.05) is 24.6 Å². The molecular weight excluding hydrogens is 288 g/mol. The Morgan fingerprint density at radius 1 is 1.30 bits per heavy atom. The molecule has 1 rings (SSSR count). The Balaban J connectivity index is 2.17. The van der Waals surface area contributed by atoms with Crippen LogP contribution in [0.3, 0.4) is 0 Å². The van der Waals surface area contributed by atoms with Crippen LogP contribution in [-0.4, -0.2) is 62.3 Å². The number of carbonyl (C=O) groups excluding carboxylic acids is 1. The Kier molecular flexibility index (Phi) is 6.21. The van der Waals surface area contributed by atoms with Crippen LogP contribution in [0.1, 0.15) is 19.8 Å². The summed E-state index contributed by atoms with van der Waals surface area (Å²) in [7, 11) is -3.10. The molecule has 0 aromatic heterocycles. The minimum atomic E-state index is -3.10. The number of carboxylic acids is 1. The molecule has 9 heteroatoms. The van der Waals surface area contributed by atoms with Crippen molar-refractivity contribution >= 4 is 21.8 Å². The predicted molar refractivity (Wildman–Crippen MR) is 71.3 cm³/mol. The number of amides is 2. The Hall–Kier alpha value is -1.35. The Morgan fingerprint density at radius 3 is 2.55 bits per heavy atom. The first-order valence-electron chi connectivity index (χ1n) is 6.44. The summed E-state index contributed by atoms with van der Waals surface area (Å²) < 4.78 is 27.6. The van der Waals surface area contributed by atoms with Crippen molar-refractivity contribution in [1.82, 2.24) is 10.6 Å². The lowest BCUT2D eigenvalue weighted by molar-refractivity contribution is -0.149. The van der Waals surface area contributed by atoms with Crippen LogP contribution < -0.4 is 10.6 Å². The van der Waals surface area contributed by atoms with Crippen molar-refractivity contribution in [2.24, 2.45) is 0 Å². The topological polar surface area (TPSA) is 122 Å². The molecule has 1 aliphatic heterocycles. The first-order valence-corrected chi connectivity index (χ1v) is 8.26. The zero-order chi connectivity index (χ0) is 15.2. The maximum absolute atomic E-state index is 11.4. The largest absolute Gasteiger partial charge is 0.479 e. The number of hydrogen-bond acceptors (Lipinski definition) is 5. The van der Waals surface area contributed by atoms with Gasteiger partial charge in [-0.1, -0.05) is 6.92 Å². The molecule has 20 heavy (non-hydrogen) atoms. The van der Waals surface area contributed by atoms with Crippen molar-refractivity contribution in [1.29, 1.82) is 0 Å². The third-order valence-corrected chi connectivity index (χ3v) is 4.72. The first kappa shape index (κ1) is 16.7. The maximum Gasteiger partial charge on any atom is 0.332 e. The van der Waals surface area contributed by atoms with Gasteiger partial charge in [0.05, 0.1) is 11.9 Å². The van der Waals surface area contributed by atoms with E-state index < -0.39 is 27.9 Å². The van der Waals surface area contributed by atoms with E-state index in [-0.39, 0.29) is 30.7 Å². The van der Waals surface area contributed by atoms with Crippen molar-refractivity contribution in [3.05, 3.63) is 0 Å². The van der Waals surface area contributed by atoms with Crippen molar-refractivity contribution in [3.63, 3.8) is 0 Å². The number of carbonyl (C=O) groups is 2. The molecule has 1 fully saturated rings. The van der Waals surface area contributed by atoms with Gasteiger partial charge in [0.1, 0.15) is 0 Å². The van der Waals surface area contributed by atoms with Gasteiger partial charge < -0.3 is 20.5 Å². The molecule has 0 radical (unpaired) electrons. The van der Waals surface area contributed by atoms with Crippen molar-refractivity contribution in [2.45, 2.75) is 32.0 Å². The third kappa shape index (κ3) is 5.74. The van der Waals surface area contributed by atoms with E-state index in [9.17, 15) is 18.0 Å². The Morgan fingerprint density at radius 2 is 2.00 bits per heavy atom. The van der Waals surface area contributed by atoms with E-state index in [1.54, 1.807) is 6.92 Å². The molecule has 2 atom stereocenters. The monoisotopic (exact) mass is 308 g/mol. The van der Waals surface area contributed by atoms with Gasteiger partial charge in [-0.05, 0) is 12.8 Å². The molecular formula is C11H20N2O6S. The SMILES string of the molecule is CCS(=O)(=O)CCNC(=O)NCC1CCC(C(=O)O)O1. The van der Waals surface area contributed by atoms with E-state index in [2.05, 4.69) is 10.6 Å². The highest BCUT2D eigenvalue weighted by Crippen LogP contribution is 2.18. The summed E-state index contributed by atoms with van der Waals surface area (Å²) >= 11 is 0. The van der Waals surface area contributed by atoms with Gasteiger partial charge in [0.15, 0.2) is 15.9 Å². The van der Waals surface area contributed by atoms with E-state index in [4.69, 9.17) is 9.84 Å². The standard InChI is InChI=1S/C11H20N2O6S/c1-2-20(17,18)6-5-12-11(16)13-7-8-3-4-9(19-8)10(14)15/h8-9H,2-7H2,1H3,(H,14,15)(H2,12,13,16). The molecule has 0 saturated carbocycles. The average molecular weight is 308 g/mol. The highest BCUT2D eigenvalue weighted by Gasteiger charge is 2.30. The number of carboxylic acid groups (broad SMARTS) is 1. The highest BCUT2D eigenvalue weighted by atomic mass is 32.2. The second kappa shape index (κ2) is 7.44. The van der Waals surface area contributed by atoms with E-state index in [0.29, 0.717) is 12.8 Å². The second-order valence-corrected chi connectivity index (χ2v) is 7.01. The molecule has 3 N–H and O–H groups in total. The van der Waals surface area contributed by atoms with E-state index >= 15 is 0 Å². The van der Waals surface area contributed by atoms with Crippen LogP contribution in [0.4, 0.5) is 4.79 Å². The number of rotatable bonds is 7. The summed E-state index contributed by atoms with van der Waals surface area (Å²) in [5.74, 6) is -1.05. The van der Waals surface area contributed by atoms with E-state index in [1.165, 1.54) is 0 Å². The van der Waals surface area contributed by atoms with Gasteiger partial charge in [0.25, 0.3) is 0 Å². The summed E-state index contributed by atoms with van der Waals surface area (Å²) in [5, 5.41) is 13.7. The number of nitrogens with one attached hydrogen (secondary N) is 2. The summed E-state index contributed by atoms with van der Waals surface area (Å²) in [6.07, 6.45) is -0.125. The number of urea groups is 1. The van der Waals surface area contributed by atoms with Gasteiger partial charge in [-0.2, -0.15) is 0 Å². The normalized spacial score (nSPS) is 22.4. The van der Waals surface area contributed by atoms with Crippen LogP contribution in [0.15, 0.2) is 0 Å². The van der Waals surface area contributed by atoms with Gasteiger partial charge in [-0.3, -0.25) is 0 Å². The molecule has 0 aromatic rings. The zero-order valence-electron chi connectivity index (χ0n) is 11.3. The van der Waals surface area contributed by atoms with Gasteiger partial charge >= 0.3 is 12.0 Å². The lowest BCUT2D eigenvalue weighted by Crippen LogP contribution is -2.41. The van der Waals surface area contributed by atoms with Crippen LogP contribution in [-0.2, 0) is 19.4 Å². The number of sulfone groups is 1. The van der Waals surface area contributed by atoms with Gasteiger partial charge in [-0.15, -0.1) is 0 Å². The highest BCUT2D eigenvalue weighted by molar-refractivity contribution is 7.91. The molecule has 1 aliphatic rings. The van der Waals surface area contributed by atoms with Gasteiger partial charge in [-0.25, -0.2) is 18.0 Å². The molecule has 2 unspecified atom stereocenters. The molecule has 0 spiro atoms. The number of hydrogen-bond donors (Lipinski definition) is 3. The summed E-state index contributed by atoms with van der Waals surface area (Å²) in [6, 6.07) is -0.487. The number of ether oxygens (including phenoxy) is 1. The van der Waals surface area contributed by atoms with E-state index in [0.717, 1.165) is 0 Å². The molecule has 2 amide bonds. The Bertz CT molecular complexity index is 450. The summed E-state index contributed by atoms with van der Waals surface area (Å²) in [5.41, 5.74) is 0. The molecule has 1 heterocycles. The third-order valence-electron chi connectivity index (χ3n) is 3.01. The minimum absolute atomic E-state index is 0.0444. The van der Waals surface area contributed by atoms with Gasteiger partial charge in [0.2, 0.25) is 0 Å². The molecule has 116 valence electrons. The quantitative estimate of drug-likeness (QED) is 0.574. The van der Waals surface area contributed by atoms with Gasteiger partial charge in [0, 0.05) is 18.8 Å². The lowest BCUT2D eigenvalue weighted by Gasteiger charge is -2.13. The van der Waals surface area contributed by atoms with Crippen LogP contribution in [0.5, 0.6) is 0 Å². The zero-order valence-corrected chi connectivity index (χ0v) is 12.1. The summed E-state index contributed by atoms with van der Waals surface area (Å²) in [4.78, 5) is 22.1. The minimum Gasteiger partial charge on any atom is -0.479 e. The molecule has 0 bridgehead atoms. The summed E-state index contributed by atoms with van der Waals surface area (Å²) in [6.45, 7) is 1.80. The van der Waals surface area contributed by atoms with Crippen LogP contribution in [0, 0.1) is 0 Å². The number of aliphatic carboxylic acids is 1. The maximum atomic E-state index is 11.4. The molecule has 1 saturated heterocycles. The van der Waals surface area contributed by atoms with Crippen LogP contribution in [0.2, 0.25) is 0 Å². The Labute approximate surface area is 117 Å². The first-order chi connectivity index (χ1) is 9.34. The van der Waals surface area contributed by atoms with Crippen LogP contribution >= 0.6 is 0 Å². The van der Waals surface area contributed by atoms with Crippen LogP contribution in [0.25, 0.3) is 0 Å². The predicted octanol–water partition coefficient (Wildman–Crippen LogP) is -0.647. The smallest absolute Gasteiger partial charge is 0.332 e. The molecule has 0 aliphatic carbocycles. The fourth-order valence-corrected chi connectivity index (χ4v) is 2.47. The second-order valence-electron chi connectivity index (χ2n) is 4.54. The average Bonchev–Trinajstić information content (AvgIpc) is 2.85. The molecule has 8 nitrogen and oxygen atoms in total. The fourth-order valence-electron chi connectivity index (χ4n) is 1.77. The molecule has 0 aromatic carbocycles. The van der Waals surface area contributed by atoms with Crippen molar-refractivity contribution < 1.29 is 27.9 Å². The van der Waals surface area contributed by atoms with E-state index in [1.807, 2.05) is 0 Å².